The predicted octanol–water partition coefficient (Wildman–Crippen LogP) is 3.24. The zero-order chi connectivity index (χ0) is 14.9. The minimum atomic E-state index is -0.214. The normalized spacial score (nSPS) is 9.95. The molecule has 0 fully saturated rings. The van der Waals surface area contributed by atoms with Gasteiger partial charge in [-0.2, -0.15) is 0 Å². The summed E-state index contributed by atoms with van der Waals surface area (Å²) in [4.78, 5) is 11.6. The van der Waals surface area contributed by atoms with Gasteiger partial charge in [0.15, 0.2) is 0 Å². The maximum atomic E-state index is 11.6. The number of hydrogen-bond donors (Lipinski definition) is 1. The van der Waals surface area contributed by atoms with E-state index in [-0.39, 0.29) is 12.6 Å². The first-order valence-corrected chi connectivity index (χ1v) is 6.85. The molecule has 0 atom stereocenters. The number of nitrogens with one attached hydrogen (secondary N) is 1. The Morgan fingerprint density at radius 2 is 1.76 bits per heavy atom. The summed E-state index contributed by atoms with van der Waals surface area (Å²) in [6.45, 7) is 0.847. The summed E-state index contributed by atoms with van der Waals surface area (Å²) >= 11 is 0. The summed E-state index contributed by atoms with van der Waals surface area (Å²) in [5.74, 6) is 0.575. The van der Waals surface area contributed by atoms with E-state index in [0.29, 0.717) is 13.0 Å². The van der Waals surface area contributed by atoms with Crippen LogP contribution >= 0.6 is 0 Å². The molecule has 4 nitrogen and oxygen atoms in total. The predicted molar refractivity (Wildman–Crippen MR) is 82.3 cm³/mol. The number of benzene rings is 2. The van der Waals surface area contributed by atoms with Gasteiger partial charge < -0.3 is 14.8 Å². The van der Waals surface area contributed by atoms with Crippen molar-refractivity contribution in [1.82, 2.24) is 0 Å². The highest BCUT2D eigenvalue weighted by atomic mass is 16.5. The van der Waals surface area contributed by atoms with Crippen molar-refractivity contribution in [2.75, 3.05) is 19.0 Å². The van der Waals surface area contributed by atoms with Crippen LogP contribution in [-0.2, 0) is 16.1 Å². The van der Waals surface area contributed by atoms with Gasteiger partial charge in [0.1, 0.15) is 12.4 Å². The lowest BCUT2D eigenvalue weighted by atomic mass is 10.2. The quantitative estimate of drug-likeness (QED) is 0.793. The first-order chi connectivity index (χ1) is 10.3. The summed E-state index contributed by atoms with van der Waals surface area (Å²) in [7, 11) is 1.62. The van der Waals surface area contributed by atoms with Crippen LogP contribution in [0.4, 0.5) is 5.69 Å². The van der Waals surface area contributed by atoms with E-state index >= 15 is 0 Å². The Bertz CT molecular complexity index is 552. The van der Waals surface area contributed by atoms with E-state index in [0.717, 1.165) is 17.0 Å². The van der Waals surface area contributed by atoms with Crippen LogP contribution in [0.2, 0.25) is 0 Å². The highest BCUT2D eigenvalue weighted by Crippen LogP contribution is 2.12. The molecule has 1 N–H and O–H groups in total. The van der Waals surface area contributed by atoms with E-state index in [1.165, 1.54) is 0 Å². The molecule has 21 heavy (non-hydrogen) atoms. The topological polar surface area (TPSA) is 47.6 Å². The largest absolute Gasteiger partial charge is 0.497 e. The Hall–Kier alpha value is -2.49. The van der Waals surface area contributed by atoms with Crippen molar-refractivity contribution in [1.29, 1.82) is 0 Å². The minimum Gasteiger partial charge on any atom is -0.497 e. The maximum absolute atomic E-state index is 11.6. The molecule has 0 aliphatic carbocycles. The molecule has 0 amide bonds. The number of rotatable bonds is 7. The highest BCUT2D eigenvalue weighted by Gasteiger charge is 2.03. The number of ether oxygens (including phenoxy) is 2. The molecular weight excluding hydrogens is 266 g/mol. The van der Waals surface area contributed by atoms with Crippen LogP contribution in [0.1, 0.15) is 12.0 Å². The number of esters is 1. The lowest BCUT2D eigenvalue weighted by molar-refractivity contribution is -0.144. The van der Waals surface area contributed by atoms with Crippen molar-refractivity contribution in [2.24, 2.45) is 0 Å². The monoisotopic (exact) mass is 285 g/mol. The standard InChI is InChI=1S/C17H19NO3/c1-20-16-9-7-14(8-10-16)13-21-17(19)11-12-18-15-5-3-2-4-6-15/h2-10,18H,11-13H2,1H3. The number of methoxy groups -OCH3 is 1. The zero-order valence-electron chi connectivity index (χ0n) is 12.0. The molecule has 0 bridgehead atoms. The van der Waals surface area contributed by atoms with Gasteiger partial charge in [0.2, 0.25) is 0 Å². The molecule has 0 aliphatic rings. The van der Waals surface area contributed by atoms with Crippen LogP contribution in [0, 0.1) is 0 Å². The average molecular weight is 285 g/mol. The smallest absolute Gasteiger partial charge is 0.307 e. The third-order valence-electron chi connectivity index (χ3n) is 2.99. The molecule has 4 heteroatoms. The van der Waals surface area contributed by atoms with Crippen LogP contribution in [0.15, 0.2) is 54.6 Å². The Morgan fingerprint density at radius 3 is 2.43 bits per heavy atom. The van der Waals surface area contributed by atoms with Gasteiger partial charge in [0.25, 0.3) is 0 Å². The van der Waals surface area contributed by atoms with Gasteiger partial charge in [-0.25, -0.2) is 0 Å². The Morgan fingerprint density at radius 1 is 1.05 bits per heavy atom. The lowest BCUT2D eigenvalue weighted by Crippen LogP contribution is -2.11. The van der Waals surface area contributed by atoms with Crippen LogP contribution in [-0.4, -0.2) is 19.6 Å². The fraction of sp³-hybridized carbons (Fsp3) is 0.235. The second-order valence-electron chi connectivity index (χ2n) is 4.55. The number of hydrogen-bond acceptors (Lipinski definition) is 4. The van der Waals surface area contributed by atoms with E-state index in [1.54, 1.807) is 7.11 Å². The van der Waals surface area contributed by atoms with Gasteiger partial charge in [0, 0.05) is 12.2 Å². The highest BCUT2D eigenvalue weighted by molar-refractivity contribution is 5.70. The number of carbonyl (C=O) groups excluding carboxylic acids is 1. The van der Waals surface area contributed by atoms with E-state index in [2.05, 4.69) is 5.32 Å². The van der Waals surface area contributed by atoms with E-state index in [9.17, 15) is 4.79 Å². The molecule has 0 saturated heterocycles. The summed E-state index contributed by atoms with van der Waals surface area (Å²) in [5, 5.41) is 3.17. The summed E-state index contributed by atoms with van der Waals surface area (Å²) in [5.41, 5.74) is 1.95. The molecule has 0 radical (unpaired) electrons. The Balaban J connectivity index is 1.67. The van der Waals surface area contributed by atoms with Gasteiger partial charge >= 0.3 is 5.97 Å². The first kappa shape index (κ1) is 14.9. The van der Waals surface area contributed by atoms with Gasteiger partial charge in [-0.1, -0.05) is 30.3 Å². The molecule has 110 valence electrons. The second-order valence-corrected chi connectivity index (χ2v) is 4.55. The van der Waals surface area contributed by atoms with Gasteiger partial charge in [0.05, 0.1) is 13.5 Å². The summed E-state index contributed by atoms with van der Waals surface area (Å²) < 4.78 is 10.3. The first-order valence-electron chi connectivity index (χ1n) is 6.85. The number of anilines is 1. The van der Waals surface area contributed by atoms with Crippen molar-refractivity contribution >= 4 is 11.7 Å². The molecule has 0 heterocycles. The second kappa shape index (κ2) is 7.94. The molecule has 0 aromatic heterocycles. The summed E-state index contributed by atoms with van der Waals surface area (Å²) in [6.07, 6.45) is 0.338. The van der Waals surface area contributed by atoms with Crippen molar-refractivity contribution in [2.45, 2.75) is 13.0 Å². The van der Waals surface area contributed by atoms with E-state index in [1.807, 2.05) is 54.6 Å². The molecular formula is C17H19NO3. The van der Waals surface area contributed by atoms with Crippen molar-refractivity contribution in [3.63, 3.8) is 0 Å². The average Bonchev–Trinajstić information content (AvgIpc) is 2.54. The maximum Gasteiger partial charge on any atom is 0.307 e. The SMILES string of the molecule is COc1ccc(COC(=O)CCNc2ccccc2)cc1. The molecule has 0 unspecified atom stereocenters. The van der Waals surface area contributed by atoms with Crippen LogP contribution in [0.3, 0.4) is 0 Å². The van der Waals surface area contributed by atoms with Crippen LogP contribution < -0.4 is 10.1 Å². The van der Waals surface area contributed by atoms with Gasteiger partial charge in [-0.3, -0.25) is 4.79 Å². The molecule has 0 spiro atoms. The van der Waals surface area contributed by atoms with Gasteiger partial charge in [-0.15, -0.1) is 0 Å². The third kappa shape index (κ3) is 5.18. The van der Waals surface area contributed by atoms with E-state index < -0.39 is 0 Å². The fourth-order valence-corrected chi connectivity index (χ4v) is 1.82. The van der Waals surface area contributed by atoms with Crippen molar-refractivity contribution in [3.05, 3.63) is 60.2 Å². The summed E-state index contributed by atoms with van der Waals surface area (Å²) in [6, 6.07) is 17.2. The Kier molecular flexibility index (Phi) is 5.64. The third-order valence-corrected chi connectivity index (χ3v) is 2.99. The number of carbonyl (C=O) groups is 1. The van der Waals surface area contributed by atoms with E-state index in [4.69, 9.17) is 9.47 Å². The molecule has 2 aromatic rings. The lowest BCUT2D eigenvalue weighted by Gasteiger charge is -2.07. The van der Waals surface area contributed by atoms with Crippen LogP contribution in [0.25, 0.3) is 0 Å². The molecule has 2 aromatic carbocycles. The fourth-order valence-electron chi connectivity index (χ4n) is 1.82. The number of para-hydroxylation sites is 1. The van der Waals surface area contributed by atoms with Gasteiger partial charge in [-0.05, 0) is 29.8 Å². The van der Waals surface area contributed by atoms with Crippen LogP contribution in [0.5, 0.6) is 5.75 Å². The molecule has 0 saturated carbocycles. The Labute approximate surface area is 124 Å². The molecule has 0 aliphatic heterocycles. The van der Waals surface area contributed by atoms with Crippen molar-refractivity contribution in [3.8, 4) is 5.75 Å². The van der Waals surface area contributed by atoms with Crippen molar-refractivity contribution < 1.29 is 14.3 Å². The zero-order valence-corrected chi connectivity index (χ0v) is 12.0. The molecule has 2 rings (SSSR count). The minimum absolute atomic E-state index is 0.214.